The van der Waals surface area contributed by atoms with Gasteiger partial charge in [-0.25, -0.2) is 0 Å². The van der Waals surface area contributed by atoms with E-state index < -0.39 is 0 Å². The van der Waals surface area contributed by atoms with Crippen molar-refractivity contribution >= 4 is 24.0 Å². The number of rotatable bonds is 4. The Bertz CT molecular complexity index is 487. The fourth-order valence-electron chi connectivity index (χ4n) is 2.75. The number of halogens is 1. The number of hydrogen-bond acceptors (Lipinski definition) is 2. The van der Waals surface area contributed by atoms with Crippen LogP contribution in [0.4, 0.5) is 5.69 Å². The first-order chi connectivity index (χ1) is 9.10. The SMILES string of the molecule is C=CCN(C)C1CCc2ccc(NC(C)=O)cc2C1.Cl. The molecule has 2 rings (SSSR count). The lowest BCUT2D eigenvalue weighted by Gasteiger charge is -2.32. The molecule has 0 aromatic heterocycles. The normalized spacial score (nSPS) is 17.1. The van der Waals surface area contributed by atoms with Gasteiger partial charge in [0, 0.05) is 25.2 Å². The highest BCUT2D eigenvalue weighted by Crippen LogP contribution is 2.26. The third-order valence-electron chi connectivity index (χ3n) is 3.77. The number of fused-ring (bicyclic) bond motifs is 1. The molecular formula is C16H23ClN2O. The Morgan fingerprint density at radius 3 is 2.90 bits per heavy atom. The molecule has 3 nitrogen and oxygen atoms in total. The topological polar surface area (TPSA) is 32.3 Å². The maximum absolute atomic E-state index is 11.1. The maximum Gasteiger partial charge on any atom is 0.221 e. The van der Waals surface area contributed by atoms with Gasteiger partial charge in [0.25, 0.3) is 0 Å². The molecule has 0 aliphatic heterocycles. The summed E-state index contributed by atoms with van der Waals surface area (Å²) in [6, 6.07) is 6.82. The lowest BCUT2D eigenvalue weighted by atomic mass is 9.87. The molecule has 20 heavy (non-hydrogen) atoms. The molecule has 0 saturated heterocycles. The van der Waals surface area contributed by atoms with Crippen molar-refractivity contribution in [3.8, 4) is 0 Å². The van der Waals surface area contributed by atoms with E-state index in [4.69, 9.17) is 0 Å². The van der Waals surface area contributed by atoms with Gasteiger partial charge in [0.1, 0.15) is 0 Å². The van der Waals surface area contributed by atoms with E-state index in [-0.39, 0.29) is 18.3 Å². The zero-order valence-corrected chi connectivity index (χ0v) is 13.0. The number of benzene rings is 1. The van der Waals surface area contributed by atoms with Crippen LogP contribution in [0, 0.1) is 0 Å². The Morgan fingerprint density at radius 1 is 1.50 bits per heavy atom. The number of likely N-dealkylation sites (N-methyl/N-ethyl adjacent to an activating group) is 1. The zero-order valence-electron chi connectivity index (χ0n) is 12.2. The minimum atomic E-state index is -0.0175. The van der Waals surface area contributed by atoms with E-state index in [0.29, 0.717) is 6.04 Å². The Balaban J connectivity index is 0.00000200. The Labute approximate surface area is 127 Å². The molecule has 0 radical (unpaired) electrons. The van der Waals surface area contributed by atoms with Crippen molar-refractivity contribution in [2.24, 2.45) is 0 Å². The molecule has 110 valence electrons. The third-order valence-corrected chi connectivity index (χ3v) is 3.77. The summed E-state index contributed by atoms with van der Waals surface area (Å²) in [6.07, 6.45) is 5.30. The molecule has 0 saturated carbocycles. The largest absolute Gasteiger partial charge is 0.326 e. The summed E-state index contributed by atoms with van der Waals surface area (Å²) in [5.74, 6) is -0.0175. The van der Waals surface area contributed by atoms with Crippen molar-refractivity contribution in [1.29, 1.82) is 0 Å². The summed E-state index contributed by atoms with van der Waals surface area (Å²) in [5.41, 5.74) is 3.68. The second-order valence-electron chi connectivity index (χ2n) is 5.29. The van der Waals surface area contributed by atoms with Gasteiger partial charge in [-0.15, -0.1) is 19.0 Å². The predicted octanol–water partition coefficient (Wildman–Crippen LogP) is 3.04. The van der Waals surface area contributed by atoms with E-state index >= 15 is 0 Å². The van der Waals surface area contributed by atoms with Crippen LogP contribution in [0.25, 0.3) is 0 Å². The molecule has 1 unspecified atom stereocenters. The summed E-state index contributed by atoms with van der Waals surface area (Å²) in [5, 5.41) is 2.86. The van der Waals surface area contributed by atoms with Crippen LogP contribution in [-0.4, -0.2) is 30.4 Å². The summed E-state index contributed by atoms with van der Waals surface area (Å²) < 4.78 is 0. The molecule has 1 atom stereocenters. The zero-order chi connectivity index (χ0) is 13.8. The predicted molar refractivity (Wildman–Crippen MR) is 86.6 cm³/mol. The van der Waals surface area contributed by atoms with Crippen LogP contribution in [-0.2, 0) is 17.6 Å². The molecule has 0 fully saturated rings. The molecule has 1 aliphatic carbocycles. The summed E-state index contributed by atoms with van der Waals surface area (Å²) in [7, 11) is 2.15. The molecule has 1 amide bonds. The first-order valence-corrected chi connectivity index (χ1v) is 6.80. The fraction of sp³-hybridized carbons (Fsp3) is 0.438. The van der Waals surface area contributed by atoms with Crippen LogP contribution < -0.4 is 5.32 Å². The molecule has 1 aromatic carbocycles. The van der Waals surface area contributed by atoms with E-state index in [1.54, 1.807) is 6.92 Å². The van der Waals surface area contributed by atoms with Gasteiger partial charge in [-0.2, -0.15) is 0 Å². The maximum atomic E-state index is 11.1. The molecule has 0 spiro atoms. The lowest BCUT2D eigenvalue weighted by molar-refractivity contribution is -0.114. The van der Waals surface area contributed by atoms with Gasteiger partial charge in [-0.05, 0) is 49.6 Å². The summed E-state index contributed by atoms with van der Waals surface area (Å²) in [6.45, 7) is 6.26. The van der Waals surface area contributed by atoms with Crippen molar-refractivity contribution in [2.45, 2.75) is 32.2 Å². The fourth-order valence-corrected chi connectivity index (χ4v) is 2.75. The highest BCUT2D eigenvalue weighted by atomic mass is 35.5. The van der Waals surface area contributed by atoms with Crippen molar-refractivity contribution in [3.05, 3.63) is 42.0 Å². The monoisotopic (exact) mass is 294 g/mol. The number of nitrogens with zero attached hydrogens (tertiary/aromatic N) is 1. The van der Waals surface area contributed by atoms with Crippen molar-refractivity contribution < 1.29 is 4.79 Å². The molecule has 1 aliphatic rings. The number of carbonyl (C=O) groups excluding carboxylic acids is 1. The van der Waals surface area contributed by atoms with E-state index in [1.807, 2.05) is 12.1 Å². The first kappa shape index (κ1) is 16.7. The third kappa shape index (κ3) is 4.09. The highest BCUT2D eigenvalue weighted by molar-refractivity contribution is 5.88. The minimum absolute atomic E-state index is 0. The standard InChI is InChI=1S/C16H22N2O.ClH/c1-4-9-18(3)16-8-6-13-5-7-15(17-12(2)19)10-14(13)11-16;/h4-5,7,10,16H,1,6,8-9,11H2,2-3H3,(H,17,19);1H. The van der Waals surface area contributed by atoms with E-state index in [1.165, 1.54) is 17.5 Å². The average molecular weight is 295 g/mol. The van der Waals surface area contributed by atoms with Gasteiger partial charge in [-0.1, -0.05) is 12.1 Å². The van der Waals surface area contributed by atoms with Gasteiger partial charge < -0.3 is 5.32 Å². The van der Waals surface area contributed by atoms with Crippen molar-refractivity contribution in [2.75, 3.05) is 18.9 Å². The van der Waals surface area contributed by atoms with Crippen LogP contribution in [0.5, 0.6) is 0 Å². The van der Waals surface area contributed by atoms with Crippen LogP contribution in [0.2, 0.25) is 0 Å². The second kappa shape index (κ2) is 7.46. The number of anilines is 1. The van der Waals surface area contributed by atoms with Gasteiger partial charge in [0.2, 0.25) is 5.91 Å². The number of nitrogens with one attached hydrogen (secondary N) is 1. The minimum Gasteiger partial charge on any atom is -0.326 e. The quantitative estimate of drug-likeness (QED) is 0.866. The van der Waals surface area contributed by atoms with Gasteiger partial charge in [0.05, 0.1) is 0 Å². The number of carbonyl (C=O) groups is 1. The van der Waals surface area contributed by atoms with E-state index in [9.17, 15) is 4.79 Å². The smallest absolute Gasteiger partial charge is 0.221 e. The van der Waals surface area contributed by atoms with Gasteiger partial charge in [-0.3, -0.25) is 9.69 Å². The Morgan fingerprint density at radius 2 is 2.25 bits per heavy atom. The summed E-state index contributed by atoms with van der Waals surface area (Å²) in [4.78, 5) is 13.5. The van der Waals surface area contributed by atoms with Crippen LogP contribution in [0.1, 0.15) is 24.5 Å². The Kier molecular flexibility index (Phi) is 6.24. The average Bonchev–Trinajstić information content (AvgIpc) is 2.37. The molecular weight excluding hydrogens is 272 g/mol. The number of hydrogen-bond donors (Lipinski definition) is 1. The lowest BCUT2D eigenvalue weighted by Crippen LogP contribution is -2.36. The van der Waals surface area contributed by atoms with Crippen molar-refractivity contribution in [1.82, 2.24) is 4.90 Å². The molecule has 4 heteroatoms. The van der Waals surface area contributed by atoms with Crippen LogP contribution >= 0.6 is 12.4 Å². The molecule has 0 heterocycles. The number of amides is 1. The highest BCUT2D eigenvalue weighted by Gasteiger charge is 2.21. The van der Waals surface area contributed by atoms with Crippen LogP contribution in [0.15, 0.2) is 30.9 Å². The molecule has 0 bridgehead atoms. The second-order valence-corrected chi connectivity index (χ2v) is 5.29. The number of aryl methyl sites for hydroxylation is 1. The van der Waals surface area contributed by atoms with Gasteiger partial charge >= 0.3 is 0 Å². The van der Waals surface area contributed by atoms with E-state index in [0.717, 1.165) is 25.1 Å². The molecule has 1 aromatic rings. The summed E-state index contributed by atoms with van der Waals surface area (Å²) >= 11 is 0. The molecule has 1 N–H and O–H groups in total. The Hall–Kier alpha value is -1.32. The van der Waals surface area contributed by atoms with Gasteiger partial charge in [0.15, 0.2) is 0 Å². The van der Waals surface area contributed by atoms with E-state index in [2.05, 4.69) is 36.0 Å². The first-order valence-electron chi connectivity index (χ1n) is 6.80. The van der Waals surface area contributed by atoms with Crippen molar-refractivity contribution in [3.63, 3.8) is 0 Å². The van der Waals surface area contributed by atoms with Crippen LogP contribution in [0.3, 0.4) is 0 Å².